The van der Waals surface area contributed by atoms with Gasteiger partial charge in [0.25, 0.3) is 5.56 Å². The second kappa shape index (κ2) is 3.23. The molecule has 3 N–H and O–H groups in total. The highest BCUT2D eigenvalue weighted by Gasteiger charge is 2.13. The number of rotatable bonds is 1. The Morgan fingerprint density at radius 3 is 2.69 bits per heavy atom. The smallest absolute Gasteiger partial charge is 0.280 e. The average molecular weight is 241 g/mol. The van der Waals surface area contributed by atoms with E-state index >= 15 is 0 Å². The van der Waals surface area contributed by atoms with Crippen LogP contribution in [0.15, 0.2) is 16.0 Å². The number of nitrogens with one attached hydrogen (secondary N) is 1. The highest BCUT2D eigenvalue weighted by Crippen LogP contribution is 2.07. The molecule has 0 amide bonds. The number of nitrogens with two attached hydrogens (primary N) is 1. The zero-order valence-corrected chi connectivity index (χ0v) is 8.95. The molecule has 0 radical (unpaired) electrons. The van der Waals surface area contributed by atoms with Crippen molar-refractivity contribution < 1.29 is 8.42 Å². The predicted octanol–water partition coefficient (Wildman–Crippen LogP) is -1.30. The van der Waals surface area contributed by atoms with E-state index in [0.717, 1.165) is 12.5 Å². The zero-order valence-electron chi connectivity index (χ0n) is 8.13. The van der Waals surface area contributed by atoms with E-state index in [-0.39, 0.29) is 22.1 Å². The minimum Gasteiger partial charge on any atom is -0.369 e. The van der Waals surface area contributed by atoms with Gasteiger partial charge < -0.3 is 5.73 Å². The molecule has 0 saturated heterocycles. The van der Waals surface area contributed by atoms with E-state index in [2.05, 4.69) is 19.9 Å². The van der Waals surface area contributed by atoms with E-state index in [1.807, 2.05) is 0 Å². The molecule has 0 bridgehead atoms. The quantitative estimate of drug-likeness (QED) is 0.634. The average Bonchev–Trinajstić information content (AvgIpc) is 2.15. The zero-order chi connectivity index (χ0) is 11.9. The summed E-state index contributed by atoms with van der Waals surface area (Å²) >= 11 is 0. The topological polar surface area (TPSA) is 132 Å². The third-order valence-corrected chi connectivity index (χ3v) is 2.75. The van der Waals surface area contributed by atoms with Crippen molar-refractivity contribution in [1.82, 2.24) is 19.9 Å². The highest BCUT2D eigenvalue weighted by molar-refractivity contribution is 7.90. The molecule has 0 aliphatic heterocycles. The maximum absolute atomic E-state index is 11.4. The summed E-state index contributed by atoms with van der Waals surface area (Å²) in [6, 6.07) is 0. The standard InChI is InChI=1S/C7H7N5O3S/c1-16(14,15)3-2-9-5-4(10-3)6(13)12-7(8)11-5/h2H,1H3,(H3,8,9,11,12,13). The Balaban J connectivity index is 2.87. The van der Waals surface area contributed by atoms with Crippen LogP contribution in [-0.2, 0) is 9.84 Å². The summed E-state index contributed by atoms with van der Waals surface area (Å²) in [5.41, 5.74) is 4.52. The summed E-state index contributed by atoms with van der Waals surface area (Å²) < 4.78 is 22.4. The van der Waals surface area contributed by atoms with E-state index in [1.54, 1.807) is 0 Å². The summed E-state index contributed by atoms with van der Waals surface area (Å²) in [5.74, 6) is -0.0982. The number of aromatic amines is 1. The molecule has 2 aromatic rings. The number of H-pyrrole nitrogens is 1. The number of nitrogen functional groups attached to an aromatic ring is 1. The van der Waals surface area contributed by atoms with Crippen molar-refractivity contribution in [1.29, 1.82) is 0 Å². The lowest BCUT2D eigenvalue weighted by Crippen LogP contribution is -2.15. The summed E-state index contributed by atoms with van der Waals surface area (Å²) in [6.45, 7) is 0. The fourth-order valence-corrected chi connectivity index (χ4v) is 1.60. The van der Waals surface area contributed by atoms with Crippen molar-refractivity contribution in [2.24, 2.45) is 0 Å². The Kier molecular flexibility index (Phi) is 2.12. The minimum absolute atomic E-state index is 0.00801. The monoisotopic (exact) mass is 241 g/mol. The maximum Gasteiger partial charge on any atom is 0.280 e. The van der Waals surface area contributed by atoms with Gasteiger partial charge in [0.2, 0.25) is 5.95 Å². The SMILES string of the molecule is CS(=O)(=O)c1cnc2nc(N)[nH]c(=O)c2n1. The summed E-state index contributed by atoms with van der Waals surface area (Å²) in [5, 5.41) is -0.280. The molecule has 0 aliphatic carbocycles. The Morgan fingerprint density at radius 2 is 2.06 bits per heavy atom. The Bertz CT molecular complexity index is 720. The van der Waals surface area contributed by atoms with E-state index < -0.39 is 15.4 Å². The second-order valence-corrected chi connectivity index (χ2v) is 5.07. The molecule has 2 heterocycles. The molecular formula is C7H7N5O3S. The van der Waals surface area contributed by atoms with Gasteiger partial charge in [0.15, 0.2) is 26.0 Å². The van der Waals surface area contributed by atoms with Gasteiger partial charge in [-0.05, 0) is 0 Å². The van der Waals surface area contributed by atoms with Crippen molar-refractivity contribution in [3.8, 4) is 0 Å². The fourth-order valence-electron chi connectivity index (χ4n) is 1.10. The van der Waals surface area contributed by atoms with Crippen LogP contribution in [0.25, 0.3) is 11.2 Å². The molecule has 84 valence electrons. The molecular weight excluding hydrogens is 234 g/mol. The van der Waals surface area contributed by atoms with Crippen LogP contribution in [0.1, 0.15) is 0 Å². The van der Waals surface area contributed by atoms with Crippen LogP contribution >= 0.6 is 0 Å². The lowest BCUT2D eigenvalue weighted by Gasteiger charge is -1.99. The first kappa shape index (κ1) is 10.5. The van der Waals surface area contributed by atoms with Gasteiger partial charge in [0.1, 0.15) is 0 Å². The van der Waals surface area contributed by atoms with E-state index in [0.29, 0.717) is 0 Å². The minimum atomic E-state index is -3.51. The van der Waals surface area contributed by atoms with Gasteiger partial charge in [-0.1, -0.05) is 0 Å². The van der Waals surface area contributed by atoms with Gasteiger partial charge in [0.05, 0.1) is 6.20 Å². The van der Waals surface area contributed by atoms with Crippen LogP contribution in [0.5, 0.6) is 0 Å². The first-order chi connectivity index (χ1) is 7.38. The molecule has 0 aromatic carbocycles. The van der Waals surface area contributed by atoms with Crippen molar-refractivity contribution >= 4 is 26.9 Å². The number of aromatic nitrogens is 4. The molecule has 0 unspecified atom stereocenters. The highest BCUT2D eigenvalue weighted by atomic mass is 32.2. The van der Waals surface area contributed by atoms with E-state index in [1.165, 1.54) is 0 Å². The van der Waals surface area contributed by atoms with Gasteiger partial charge in [-0.25, -0.2) is 18.4 Å². The number of fused-ring (bicyclic) bond motifs is 1. The van der Waals surface area contributed by atoms with Crippen molar-refractivity contribution in [2.75, 3.05) is 12.0 Å². The maximum atomic E-state index is 11.4. The van der Waals surface area contributed by atoms with Crippen LogP contribution < -0.4 is 11.3 Å². The van der Waals surface area contributed by atoms with Crippen LogP contribution in [-0.4, -0.2) is 34.6 Å². The van der Waals surface area contributed by atoms with Crippen LogP contribution in [0, 0.1) is 0 Å². The molecule has 0 fully saturated rings. The molecule has 0 aliphatic rings. The second-order valence-electron chi connectivity index (χ2n) is 3.10. The first-order valence-electron chi connectivity index (χ1n) is 4.10. The third kappa shape index (κ3) is 1.72. The lowest BCUT2D eigenvalue weighted by molar-refractivity contribution is 0.598. The van der Waals surface area contributed by atoms with Crippen LogP contribution in [0.3, 0.4) is 0 Å². The number of nitrogens with zero attached hydrogens (tertiary/aromatic N) is 3. The largest absolute Gasteiger partial charge is 0.369 e. The molecule has 8 nitrogen and oxygen atoms in total. The van der Waals surface area contributed by atoms with Gasteiger partial charge in [-0.3, -0.25) is 9.78 Å². The molecule has 2 aromatic heterocycles. The molecule has 9 heteroatoms. The number of sulfone groups is 1. The van der Waals surface area contributed by atoms with Crippen molar-refractivity contribution in [2.45, 2.75) is 5.03 Å². The number of anilines is 1. The Morgan fingerprint density at radius 1 is 1.38 bits per heavy atom. The normalized spacial score (nSPS) is 11.8. The lowest BCUT2D eigenvalue weighted by atomic mass is 10.5. The molecule has 2 rings (SSSR count). The van der Waals surface area contributed by atoms with E-state index in [4.69, 9.17) is 5.73 Å². The molecule has 16 heavy (non-hydrogen) atoms. The Hall–Kier alpha value is -2.03. The third-order valence-electron chi connectivity index (χ3n) is 1.79. The fraction of sp³-hybridized carbons (Fsp3) is 0.143. The Labute approximate surface area is 89.5 Å². The molecule has 0 atom stereocenters. The number of hydrogen-bond donors (Lipinski definition) is 2. The summed E-state index contributed by atoms with van der Waals surface area (Å²) in [4.78, 5) is 24.7. The number of hydrogen-bond acceptors (Lipinski definition) is 7. The van der Waals surface area contributed by atoms with Gasteiger partial charge >= 0.3 is 0 Å². The van der Waals surface area contributed by atoms with E-state index in [9.17, 15) is 13.2 Å². The van der Waals surface area contributed by atoms with Crippen LogP contribution in [0.2, 0.25) is 0 Å². The van der Waals surface area contributed by atoms with Gasteiger partial charge in [-0.15, -0.1) is 0 Å². The van der Waals surface area contributed by atoms with Crippen LogP contribution in [0.4, 0.5) is 5.95 Å². The summed E-state index contributed by atoms with van der Waals surface area (Å²) in [7, 11) is -3.51. The molecule has 0 saturated carbocycles. The first-order valence-corrected chi connectivity index (χ1v) is 5.99. The van der Waals surface area contributed by atoms with Gasteiger partial charge in [0, 0.05) is 6.26 Å². The molecule has 0 spiro atoms. The summed E-state index contributed by atoms with van der Waals surface area (Å²) in [6.07, 6.45) is 2.01. The van der Waals surface area contributed by atoms with Gasteiger partial charge in [-0.2, -0.15) is 4.98 Å². The van der Waals surface area contributed by atoms with Crippen molar-refractivity contribution in [3.63, 3.8) is 0 Å². The predicted molar refractivity (Wildman–Crippen MR) is 55.5 cm³/mol. The van der Waals surface area contributed by atoms with Crippen molar-refractivity contribution in [3.05, 3.63) is 16.6 Å².